The van der Waals surface area contributed by atoms with Gasteiger partial charge in [0, 0.05) is 42.2 Å². The fourth-order valence-corrected chi connectivity index (χ4v) is 3.76. The van der Waals surface area contributed by atoms with E-state index in [2.05, 4.69) is 20.3 Å². The monoisotopic (exact) mass is 418 g/mol. The molecule has 0 radical (unpaired) electrons. The van der Waals surface area contributed by atoms with Gasteiger partial charge in [0.2, 0.25) is 0 Å². The number of carboxylic acid groups (broad SMARTS) is 1. The zero-order chi connectivity index (χ0) is 21.9. The molecule has 5 rings (SSSR count). The van der Waals surface area contributed by atoms with Crippen molar-refractivity contribution in [2.24, 2.45) is 0 Å². The van der Waals surface area contributed by atoms with Crippen LogP contribution < -0.4 is 16.6 Å². The molecule has 1 aromatic carbocycles. The number of nitrogens with zero attached hydrogens (tertiary/aromatic N) is 3. The summed E-state index contributed by atoms with van der Waals surface area (Å²) in [5.74, 6) is -1.78. The summed E-state index contributed by atoms with van der Waals surface area (Å²) in [5.41, 5.74) is 8.72. The van der Waals surface area contributed by atoms with E-state index in [-0.39, 0.29) is 0 Å². The number of nitrogen functional groups attached to an aromatic ring is 1. The number of benzene rings is 1. The second-order valence-corrected chi connectivity index (χ2v) is 6.99. The Morgan fingerprint density at radius 2 is 2.06 bits per heavy atom. The Labute approximate surface area is 173 Å². The average molecular weight is 418 g/mol. The minimum Gasteiger partial charge on any atom is -0.477 e. The highest BCUT2D eigenvalue weighted by Gasteiger charge is 2.17. The molecule has 0 atom stereocenters. The normalized spacial score (nSPS) is 11.4. The Morgan fingerprint density at radius 1 is 1.26 bits per heavy atom. The first-order chi connectivity index (χ1) is 14.9. The smallest absolute Gasteiger partial charge is 0.342 e. The van der Waals surface area contributed by atoms with E-state index in [1.165, 1.54) is 18.3 Å². The van der Waals surface area contributed by atoms with Crippen LogP contribution in [0, 0.1) is 5.82 Å². The number of aromatic amines is 1. The number of aromatic nitrogens is 4. The zero-order valence-electron chi connectivity index (χ0n) is 16.1. The van der Waals surface area contributed by atoms with Crippen LogP contribution in [-0.4, -0.2) is 37.5 Å². The van der Waals surface area contributed by atoms with Gasteiger partial charge in [0.25, 0.3) is 5.56 Å². The van der Waals surface area contributed by atoms with Gasteiger partial charge >= 0.3 is 5.97 Å². The molecule has 4 aromatic heterocycles. The molecule has 154 valence electrons. The molecule has 0 saturated carbocycles. The number of carbonyl (C=O) groups is 1. The third-order valence-corrected chi connectivity index (χ3v) is 5.25. The molecule has 31 heavy (non-hydrogen) atoms. The van der Waals surface area contributed by atoms with E-state index in [1.807, 2.05) is 0 Å². The lowest BCUT2D eigenvalue weighted by Gasteiger charge is -2.09. The van der Waals surface area contributed by atoms with Gasteiger partial charge in [-0.25, -0.2) is 19.2 Å². The van der Waals surface area contributed by atoms with Crippen LogP contribution in [0.4, 0.5) is 15.8 Å². The highest BCUT2D eigenvalue weighted by molar-refractivity contribution is 6.16. The van der Waals surface area contributed by atoms with E-state index in [4.69, 9.17) is 5.73 Å². The quantitative estimate of drug-likeness (QED) is 0.353. The molecule has 5 N–H and O–H groups in total. The van der Waals surface area contributed by atoms with Gasteiger partial charge in [0.05, 0.1) is 22.3 Å². The van der Waals surface area contributed by atoms with Crippen LogP contribution in [0.25, 0.3) is 38.7 Å². The number of nitrogens with one attached hydrogen (secondary N) is 2. The van der Waals surface area contributed by atoms with Crippen molar-refractivity contribution in [2.45, 2.75) is 0 Å². The molecule has 0 spiro atoms. The van der Waals surface area contributed by atoms with Crippen molar-refractivity contribution in [1.29, 1.82) is 0 Å². The van der Waals surface area contributed by atoms with Gasteiger partial charge in [-0.3, -0.25) is 9.20 Å². The molecule has 10 heteroatoms. The van der Waals surface area contributed by atoms with Gasteiger partial charge < -0.3 is 21.1 Å². The van der Waals surface area contributed by atoms with Gasteiger partial charge in [-0.05, 0) is 24.3 Å². The molecule has 5 aromatic rings. The van der Waals surface area contributed by atoms with E-state index >= 15 is 0 Å². The van der Waals surface area contributed by atoms with Crippen LogP contribution in [0.1, 0.15) is 10.4 Å². The second kappa shape index (κ2) is 6.52. The topological polar surface area (TPSA) is 138 Å². The molecule has 0 aliphatic rings. The highest BCUT2D eigenvalue weighted by atomic mass is 19.1. The van der Waals surface area contributed by atoms with E-state index in [9.17, 15) is 19.1 Å². The summed E-state index contributed by atoms with van der Waals surface area (Å²) in [7, 11) is 1.69. The summed E-state index contributed by atoms with van der Waals surface area (Å²) in [6, 6.07) is 6.04. The fraction of sp³-hybridized carbons (Fsp3) is 0.0476. The maximum Gasteiger partial charge on any atom is 0.342 e. The predicted molar refractivity (Wildman–Crippen MR) is 115 cm³/mol. The van der Waals surface area contributed by atoms with Gasteiger partial charge in [-0.2, -0.15) is 0 Å². The fourth-order valence-electron chi connectivity index (χ4n) is 3.76. The molecule has 0 aliphatic heterocycles. The maximum atomic E-state index is 14.2. The van der Waals surface area contributed by atoms with Crippen molar-refractivity contribution in [3.8, 4) is 11.1 Å². The second-order valence-electron chi connectivity index (χ2n) is 6.99. The van der Waals surface area contributed by atoms with Crippen LogP contribution in [0.15, 0.2) is 47.7 Å². The molecule has 0 saturated heterocycles. The summed E-state index contributed by atoms with van der Waals surface area (Å²) in [6.07, 6.45) is 4.04. The standard InChI is InChI=1S/C21H15FN6O3/c1-24-14-5-10(22)4-11-16-17(23)12(6-26-19(16)27-18(11)14)9-2-3-15-25-7-13(21(30)31)20(29)28(15)8-9/h2-8,24H,1H3,(H,30,31)(H3,23,26,27). The number of aromatic carboxylic acids is 1. The predicted octanol–water partition coefficient (Wildman–Crippen LogP) is 2.85. The number of H-pyrrole nitrogens is 1. The van der Waals surface area contributed by atoms with E-state index in [1.54, 1.807) is 25.4 Å². The van der Waals surface area contributed by atoms with Crippen LogP contribution in [0.5, 0.6) is 0 Å². The summed E-state index contributed by atoms with van der Waals surface area (Å²) < 4.78 is 15.3. The molecule has 0 fully saturated rings. The summed E-state index contributed by atoms with van der Waals surface area (Å²) in [4.78, 5) is 35.4. The largest absolute Gasteiger partial charge is 0.477 e. The van der Waals surface area contributed by atoms with Gasteiger partial charge in [-0.1, -0.05) is 0 Å². The summed E-state index contributed by atoms with van der Waals surface area (Å²) in [5, 5.41) is 13.3. The number of pyridine rings is 2. The Kier molecular flexibility index (Phi) is 3.90. The highest BCUT2D eigenvalue weighted by Crippen LogP contribution is 2.38. The Morgan fingerprint density at radius 3 is 2.81 bits per heavy atom. The van der Waals surface area contributed by atoms with Crippen molar-refractivity contribution in [3.63, 3.8) is 0 Å². The lowest BCUT2D eigenvalue weighted by molar-refractivity contribution is 0.0694. The minimum atomic E-state index is -1.36. The summed E-state index contributed by atoms with van der Waals surface area (Å²) in [6.45, 7) is 0. The van der Waals surface area contributed by atoms with Crippen molar-refractivity contribution in [1.82, 2.24) is 19.4 Å². The van der Waals surface area contributed by atoms with Crippen molar-refractivity contribution in [3.05, 3.63) is 64.6 Å². The molecule has 4 heterocycles. The number of hydrogen-bond donors (Lipinski definition) is 4. The minimum absolute atomic E-state index is 0.291. The summed E-state index contributed by atoms with van der Waals surface area (Å²) >= 11 is 0. The van der Waals surface area contributed by atoms with Crippen molar-refractivity contribution < 1.29 is 14.3 Å². The lowest BCUT2D eigenvalue weighted by Crippen LogP contribution is -2.22. The number of nitrogens with two attached hydrogens (primary N) is 1. The van der Waals surface area contributed by atoms with E-state index < -0.39 is 22.9 Å². The van der Waals surface area contributed by atoms with Gasteiger partial charge in [0.1, 0.15) is 22.7 Å². The van der Waals surface area contributed by atoms with E-state index in [0.29, 0.717) is 50.1 Å². The molecular weight excluding hydrogens is 403 g/mol. The number of anilines is 2. The molecular formula is C21H15FN6O3. The first-order valence-electron chi connectivity index (χ1n) is 9.21. The molecule has 0 unspecified atom stereocenters. The Hall–Kier alpha value is -4.47. The molecule has 9 nitrogen and oxygen atoms in total. The third kappa shape index (κ3) is 2.69. The van der Waals surface area contributed by atoms with Gasteiger partial charge in [-0.15, -0.1) is 0 Å². The zero-order valence-corrected chi connectivity index (χ0v) is 16.1. The number of hydrogen-bond acceptors (Lipinski definition) is 6. The molecule has 0 bridgehead atoms. The van der Waals surface area contributed by atoms with Crippen LogP contribution in [-0.2, 0) is 0 Å². The van der Waals surface area contributed by atoms with E-state index in [0.717, 1.165) is 10.6 Å². The number of carboxylic acids is 1. The maximum absolute atomic E-state index is 14.2. The van der Waals surface area contributed by atoms with Crippen LogP contribution >= 0.6 is 0 Å². The van der Waals surface area contributed by atoms with Crippen molar-refractivity contribution >= 4 is 44.9 Å². The molecule has 0 amide bonds. The average Bonchev–Trinajstić information content (AvgIpc) is 3.12. The number of halogens is 1. The Bertz CT molecular complexity index is 1600. The number of rotatable bonds is 3. The third-order valence-electron chi connectivity index (χ3n) is 5.25. The van der Waals surface area contributed by atoms with Crippen LogP contribution in [0.3, 0.4) is 0 Å². The first-order valence-corrected chi connectivity index (χ1v) is 9.21. The number of fused-ring (bicyclic) bond motifs is 4. The van der Waals surface area contributed by atoms with Crippen LogP contribution in [0.2, 0.25) is 0 Å². The SMILES string of the molecule is CNc1cc(F)cc2c1[nH]c1ncc(-c3ccc4ncc(C(=O)O)c(=O)n4c3)c(N)c12. The van der Waals surface area contributed by atoms with Crippen molar-refractivity contribution in [2.75, 3.05) is 18.1 Å². The van der Waals surface area contributed by atoms with Gasteiger partial charge in [0.15, 0.2) is 0 Å². The molecule has 0 aliphatic carbocycles. The first kappa shape index (κ1) is 18.6. The lowest BCUT2D eigenvalue weighted by atomic mass is 10.0. The Balaban J connectivity index is 1.80.